The van der Waals surface area contributed by atoms with Gasteiger partial charge in [-0.05, 0) is 36.1 Å². The molecule has 6 rings (SSSR count). The molecule has 37 heavy (non-hydrogen) atoms. The lowest BCUT2D eigenvalue weighted by molar-refractivity contribution is -0.144. The largest absolute Gasteiger partial charge is 0.408 e. The molecule has 8 nitrogen and oxygen atoms in total. The highest BCUT2D eigenvalue weighted by Gasteiger charge is 2.46. The number of rotatable bonds is 4. The SMILES string of the molecule is CC(C)(C)c1csc(-n2c3nc(Nc4ccc5c(c4)CNCC54CC4)ncc3c(=O)n2CC(F)(F)F)n1. The third kappa shape index (κ3) is 4.31. The Bertz CT molecular complexity index is 1570. The molecule has 3 aromatic heterocycles. The van der Waals surface area contributed by atoms with E-state index in [-0.39, 0.29) is 32.9 Å². The molecular weight excluding hydrogens is 503 g/mol. The molecule has 0 amide bonds. The van der Waals surface area contributed by atoms with Crippen LogP contribution in [0, 0.1) is 0 Å². The summed E-state index contributed by atoms with van der Waals surface area (Å²) in [6, 6.07) is 6.15. The van der Waals surface area contributed by atoms with Gasteiger partial charge in [0.15, 0.2) is 5.65 Å². The summed E-state index contributed by atoms with van der Waals surface area (Å²) in [5, 5.41) is 8.66. The molecule has 12 heteroatoms. The van der Waals surface area contributed by atoms with Gasteiger partial charge in [0.05, 0.1) is 5.69 Å². The van der Waals surface area contributed by atoms with Gasteiger partial charge in [0.25, 0.3) is 5.56 Å². The standard InChI is InChI=1S/C25H26F3N7OS/c1-23(2,3)18-11-37-22(32-18)35-19-16(20(36)34(35)13-25(26,27)28)10-30-21(33-19)31-15-4-5-17-14(8-15)9-29-12-24(17)6-7-24/h4-5,8,10-11,29H,6-7,9,12-13H2,1-3H3,(H,30,31,33). The van der Waals surface area contributed by atoms with Gasteiger partial charge in [0.2, 0.25) is 11.1 Å². The van der Waals surface area contributed by atoms with Crippen molar-refractivity contribution in [3.05, 3.63) is 57.0 Å². The van der Waals surface area contributed by atoms with Gasteiger partial charge in [-0.1, -0.05) is 26.8 Å². The third-order valence-electron chi connectivity index (χ3n) is 7.01. The molecule has 1 aliphatic carbocycles. The highest BCUT2D eigenvalue weighted by molar-refractivity contribution is 7.12. The molecular formula is C25H26F3N7OS. The monoisotopic (exact) mass is 529 g/mol. The maximum atomic E-state index is 13.5. The van der Waals surface area contributed by atoms with E-state index >= 15 is 0 Å². The summed E-state index contributed by atoms with van der Waals surface area (Å²) in [7, 11) is 0. The van der Waals surface area contributed by atoms with Gasteiger partial charge in [-0.3, -0.25) is 4.79 Å². The third-order valence-corrected chi connectivity index (χ3v) is 7.83. The van der Waals surface area contributed by atoms with Gasteiger partial charge in [-0.2, -0.15) is 18.2 Å². The first-order valence-corrected chi connectivity index (χ1v) is 12.9. The molecule has 1 saturated carbocycles. The van der Waals surface area contributed by atoms with Crippen molar-refractivity contribution in [1.82, 2.24) is 29.6 Å². The molecule has 1 aliphatic heterocycles. The average molecular weight is 530 g/mol. The van der Waals surface area contributed by atoms with Crippen molar-refractivity contribution < 1.29 is 13.2 Å². The topological polar surface area (TPSA) is 89.7 Å². The fraction of sp³-hybridized carbons (Fsp3) is 0.440. The second kappa shape index (κ2) is 8.12. The van der Waals surface area contributed by atoms with Crippen LogP contribution < -0.4 is 16.2 Å². The van der Waals surface area contributed by atoms with Crippen molar-refractivity contribution >= 4 is 34.0 Å². The first kappa shape index (κ1) is 24.1. The van der Waals surface area contributed by atoms with E-state index in [1.54, 1.807) is 5.38 Å². The smallest absolute Gasteiger partial charge is 0.324 e. The summed E-state index contributed by atoms with van der Waals surface area (Å²) >= 11 is 1.17. The molecule has 0 bridgehead atoms. The van der Waals surface area contributed by atoms with Crippen LogP contribution in [0.15, 0.2) is 34.6 Å². The summed E-state index contributed by atoms with van der Waals surface area (Å²) in [6.45, 7) is 6.19. The van der Waals surface area contributed by atoms with E-state index in [4.69, 9.17) is 0 Å². The van der Waals surface area contributed by atoms with Crippen molar-refractivity contribution in [2.75, 3.05) is 11.9 Å². The number of hydrogen-bond donors (Lipinski definition) is 2. The highest BCUT2D eigenvalue weighted by atomic mass is 32.1. The minimum Gasteiger partial charge on any atom is -0.324 e. The maximum absolute atomic E-state index is 13.5. The van der Waals surface area contributed by atoms with Crippen LogP contribution in [0.2, 0.25) is 0 Å². The Hall–Kier alpha value is -3.25. The second-order valence-corrected chi connectivity index (χ2v) is 11.7. The summed E-state index contributed by atoms with van der Waals surface area (Å²) < 4.78 is 42.2. The molecule has 194 valence electrons. The predicted molar refractivity (Wildman–Crippen MR) is 136 cm³/mol. The van der Waals surface area contributed by atoms with Crippen molar-refractivity contribution in [2.24, 2.45) is 0 Å². The van der Waals surface area contributed by atoms with E-state index in [1.807, 2.05) is 32.9 Å². The molecule has 4 heterocycles. The molecule has 0 atom stereocenters. The molecule has 4 aromatic rings. The van der Waals surface area contributed by atoms with Crippen LogP contribution in [0.5, 0.6) is 0 Å². The van der Waals surface area contributed by atoms with Crippen LogP contribution >= 0.6 is 11.3 Å². The van der Waals surface area contributed by atoms with Gasteiger partial charge in [0, 0.05) is 41.2 Å². The number of hydrogen-bond acceptors (Lipinski definition) is 7. The van der Waals surface area contributed by atoms with Crippen LogP contribution in [0.3, 0.4) is 0 Å². The summed E-state index contributed by atoms with van der Waals surface area (Å²) in [6.07, 6.45) is -0.974. The molecule has 1 aromatic carbocycles. The fourth-order valence-electron chi connectivity index (χ4n) is 4.89. The first-order chi connectivity index (χ1) is 17.4. The van der Waals surface area contributed by atoms with E-state index in [0.717, 1.165) is 23.5 Å². The van der Waals surface area contributed by atoms with E-state index in [2.05, 4.69) is 31.7 Å². The Morgan fingerprint density at radius 2 is 1.97 bits per heavy atom. The Labute approximate surface area is 214 Å². The number of nitrogens with zero attached hydrogens (tertiary/aromatic N) is 5. The molecule has 1 fully saturated rings. The zero-order valence-corrected chi connectivity index (χ0v) is 21.4. The Balaban J connectivity index is 1.43. The van der Waals surface area contributed by atoms with Gasteiger partial charge < -0.3 is 10.6 Å². The van der Waals surface area contributed by atoms with Crippen molar-refractivity contribution in [3.63, 3.8) is 0 Å². The first-order valence-electron chi connectivity index (χ1n) is 12.1. The number of thiazole rings is 1. The van der Waals surface area contributed by atoms with E-state index < -0.39 is 18.3 Å². The van der Waals surface area contributed by atoms with E-state index in [1.165, 1.54) is 41.5 Å². The second-order valence-electron chi connectivity index (χ2n) is 10.9. The van der Waals surface area contributed by atoms with Crippen LogP contribution in [0.1, 0.15) is 50.4 Å². The number of fused-ring (bicyclic) bond motifs is 3. The molecule has 0 radical (unpaired) electrons. The minimum absolute atomic E-state index is 0.00683. The van der Waals surface area contributed by atoms with Crippen molar-refractivity contribution in [3.8, 4) is 5.13 Å². The number of aromatic nitrogens is 5. The molecule has 2 aliphatic rings. The molecule has 0 saturated heterocycles. The Kier molecular flexibility index (Phi) is 5.29. The molecule has 0 unspecified atom stereocenters. The molecule has 1 spiro atoms. The minimum atomic E-state index is -4.61. The average Bonchev–Trinajstić information content (AvgIpc) is 3.29. The lowest BCUT2D eigenvalue weighted by atomic mass is 9.88. The molecule has 2 N–H and O–H groups in total. The zero-order valence-electron chi connectivity index (χ0n) is 20.6. The summed E-state index contributed by atoms with van der Waals surface area (Å²) in [5.41, 5.74) is 3.24. The fourth-order valence-corrected chi connectivity index (χ4v) is 5.95. The predicted octanol–water partition coefficient (Wildman–Crippen LogP) is 4.78. The van der Waals surface area contributed by atoms with Gasteiger partial charge in [-0.25, -0.2) is 19.3 Å². The normalized spacial score (nSPS) is 16.8. The van der Waals surface area contributed by atoms with Gasteiger partial charge in [0.1, 0.15) is 11.9 Å². The number of alkyl halides is 3. The van der Waals surface area contributed by atoms with Crippen LogP contribution in [0.4, 0.5) is 24.8 Å². The number of benzene rings is 1. The quantitative estimate of drug-likeness (QED) is 0.396. The zero-order chi connectivity index (χ0) is 26.2. The maximum Gasteiger partial charge on any atom is 0.408 e. The van der Waals surface area contributed by atoms with Gasteiger partial charge >= 0.3 is 6.18 Å². The van der Waals surface area contributed by atoms with Crippen LogP contribution in [-0.4, -0.2) is 37.0 Å². The Morgan fingerprint density at radius 1 is 1.19 bits per heavy atom. The summed E-state index contributed by atoms with van der Waals surface area (Å²) in [4.78, 5) is 26.3. The number of halogens is 3. The van der Waals surface area contributed by atoms with E-state index in [0.29, 0.717) is 10.4 Å². The van der Waals surface area contributed by atoms with Crippen molar-refractivity contribution in [1.29, 1.82) is 0 Å². The summed E-state index contributed by atoms with van der Waals surface area (Å²) in [5.74, 6) is 0.183. The number of nitrogens with one attached hydrogen (secondary N) is 2. The lowest BCUT2D eigenvalue weighted by Crippen LogP contribution is -2.33. The number of anilines is 2. The van der Waals surface area contributed by atoms with E-state index in [9.17, 15) is 18.0 Å². The van der Waals surface area contributed by atoms with Crippen molar-refractivity contribution in [2.45, 2.75) is 63.7 Å². The van der Waals surface area contributed by atoms with Crippen LogP contribution in [-0.2, 0) is 23.9 Å². The van der Waals surface area contributed by atoms with Crippen LogP contribution in [0.25, 0.3) is 16.2 Å². The lowest BCUT2D eigenvalue weighted by Gasteiger charge is -2.26. The Morgan fingerprint density at radius 3 is 2.65 bits per heavy atom. The highest BCUT2D eigenvalue weighted by Crippen LogP contribution is 2.50. The van der Waals surface area contributed by atoms with Gasteiger partial charge in [-0.15, -0.1) is 11.3 Å².